The predicted molar refractivity (Wildman–Crippen MR) is 177 cm³/mol. The van der Waals surface area contributed by atoms with Gasteiger partial charge in [-0.15, -0.1) is 0 Å². The van der Waals surface area contributed by atoms with E-state index >= 15 is 0 Å². The Morgan fingerprint density at radius 1 is 0.979 bits per heavy atom. The van der Waals surface area contributed by atoms with Gasteiger partial charge in [0.15, 0.2) is 0 Å². The van der Waals surface area contributed by atoms with Gasteiger partial charge in [-0.1, -0.05) is 24.3 Å². The highest BCUT2D eigenvalue weighted by atomic mass is 19.4. The van der Waals surface area contributed by atoms with Crippen LogP contribution in [0.5, 0.6) is 0 Å². The molecular weight excluding hydrogens is 607 g/mol. The van der Waals surface area contributed by atoms with Gasteiger partial charge in [-0.3, -0.25) is 14.5 Å². The lowest BCUT2D eigenvalue weighted by atomic mass is 9.74. The Hall–Kier alpha value is -3.93. The molecule has 0 radical (unpaired) electrons. The zero-order chi connectivity index (χ0) is 33.3. The van der Waals surface area contributed by atoms with Crippen molar-refractivity contribution in [2.24, 2.45) is 5.92 Å². The van der Waals surface area contributed by atoms with Crippen LogP contribution in [0.4, 0.5) is 30.2 Å². The molecule has 3 heterocycles. The van der Waals surface area contributed by atoms with Crippen LogP contribution in [0.15, 0.2) is 66.7 Å². The predicted octanol–water partition coefficient (Wildman–Crippen LogP) is 5.27. The van der Waals surface area contributed by atoms with E-state index in [-0.39, 0.29) is 30.0 Å². The smallest absolute Gasteiger partial charge is 0.395 e. The number of carbonyl (C=O) groups excluding carboxylic acids is 2. The molecular formula is C36H42F3N5O3. The number of rotatable bonds is 7. The first-order valence-corrected chi connectivity index (χ1v) is 16.4. The van der Waals surface area contributed by atoms with Crippen LogP contribution in [0.2, 0.25) is 0 Å². The molecule has 3 aromatic rings. The molecule has 250 valence electrons. The lowest BCUT2D eigenvalue weighted by molar-refractivity contribution is -0.137. The van der Waals surface area contributed by atoms with E-state index in [0.717, 1.165) is 41.9 Å². The molecule has 3 aliphatic heterocycles. The summed E-state index contributed by atoms with van der Waals surface area (Å²) in [6, 6.07) is 18.9. The quantitative estimate of drug-likeness (QED) is 0.324. The fraction of sp³-hybridized carbons (Fsp3) is 0.444. The van der Waals surface area contributed by atoms with Crippen LogP contribution in [0.25, 0.3) is 0 Å². The minimum absolute atomic E-state index is 0.0136. The molecule has 6 rings (SSSR count). The molecule has 0 spiro atoms. The number of benzene rings is 3. The number of hydrogen-bond donors (Lipinski definition) is 3. The maximum Gasteiger partial charge on any atom is 0.416 e. The van der Waals surface area contributed by atoms with E-state index in [1.165, 1.54) is 6.07 Å². The van der Waals surface area contributed by atoms with E-state index in [1.54, 1.807) is 12.1 Å². The van der Waals surface area contributed by atoms with Gasteiger partial charge < -0.3 is 25.5 Å². The van der Waals surface area contributed by atoms with Gasteiger partial charge in [0.05, 0.1) is 18.1 Å². The van der Waals surface area contributed by atoms with Crippen LogP contribution in [-0.4, -0.2) is 79.8 Å². The van der Waals surface area contributed by atoms with Gasteiger partial charge in [0, 0.05) is 74.0 Å². The zero-order valence-electron chi connectivity index (χ0n) is 26.8. The number of alkyl halides is 3. The van der Waals surface area contributed by atoms with Crippen LogP contribution in [0.3, 0.4) is 0 Å². The number of para-hydroxylation sites is 1. The minimum Gasteiger partial charge on any atom is -0.395 e. The monoisotopic (exact) mass is 649 g/mol. The SMILES string of the molecule is Cc1ccc(NC(=O)c2cc(N3CCN(CCO)CC3)cc(C(F)(F)F)c2)cc1C1CC2CNC(C)CC2N(c2ccccc2)C1=O. The van der Waals surface area contributed by atoms with Crippen molar-refractivity contribution < 1.29 is 27.9 Å². The molecule has 2 amide bonds. The number of aliphatic hydroxyl groups excluding tert-OH is 1. The molecule has 3 N–H and O–H groups in total. The van der Waals surface area contributed by atoms with Crippen molar-refractivity contribution in [3.8, 4) is 0 Å². The van der Waals surface area contributed by atoms with Crippen LogP contribution in [-0.2, 0) is 11.0 Å². The number of aryl methyl sites for hydroxylation is 1. The first-order valence-electron chi connectivity index (χ1n) is 16.4. The summed E-state index contributed by atoms with van der Waals surface area (Å²) in [7, 11) is 0. The van der Waals surface area contributed by atoms with Gasteiger partial charge in [-0.25, -0.2) is 0 Å². The van der Waals surface area contributed by atoms with Gasteiger partial charge in [0.1, 0.15) is 0 Å². The summed E-state index contributed by atoms with van der Waals surface area (Å²) >= 11 is 0. The Morgan fingerprint density at radius 3 is 2.43 bits per heavy atom. The number of carbonyl (C=O) groups is 2. The molecule has 11 heteroatoms. The Bertz CT molecular complexity index is 1590. The van der Waals surface area contributed by atoms with Crippen molar-refractivity contribution in [2.45, 2.75) is 50.9 Å². The number of halogens is 3. The fourth-order valence-electron chi connectivity index (χ4n) is 7.34. The highest BCUT2D eigenvalue weighted by Crippen LogP contribution is 2.42. The van der Waals surface area contributed by atoms with Crippen molar-refractivity contribution in [3.05, 3.63) is 89.0 Å². The molecule has 0 saturated carbocycles. The molecule has 8 nitrogen and oxygen atoms in total. The van der Waals surface area contributed by atoms with Gasteiger partial charge in [-0.05, 0) is 86.2 Å². The number of aliphatic hydroxyl groups is 1. The van der Waals surface area contributed by atoms with E-state index in [0.29, 0.717) is 56.6 Å². The topological polar surface area (TPSA) is 88.2 Å². The molecule has 47 heavy (non-hydrogen) atoms. The number of piperazine rings is 1. The Morgan fingerprint density at radius 2 is 1.72 bits per heavy atom. The van der Waals surface area contributed by atoms with Crippen molar-refractivity contribution in [1.29, 1.82) is 0 Å². The van der Waals surface area contributed by atoms with Crippen LogP contribution >= 0.6 is 0 Å². The maximum atomic E-state index is 14.3. The number of fused-ring (bicyclic) bond motifs is 1. The minimum atomic E-state index is -4.63. The Kier molecular flexibility index (Phi) is 9.59. The van der Waals surface area contributed by atoms with Gasteiger partial charge in [0.25, 0.3) is 5.91 Å². The van der Waals surface area contributed by atoms with Crippen molar-refractivity contribution >= 4 is 28.9 Å². The Balaban J connectivity index is 1.26. The molecule has 0 aromatic heterocycles. The summed E-state index contributed by atoms with van der Waals surface area (Å²) in [5.74, 6) is -0.841. The third-order valence-corrected chi connectivity index (χ3v) is 9.88. The van der Waals surface area contributed by atoms with Crippen molar-refractivity contribution in [2.75, 3.05) is 61.0 Å². The van der Waals surface area contributed by atoms with Crippen molar-refractivity contribution in [1.82, 2.24) is 10.2 Å². The molecule has 3 aromatic carbocycles. The summed E-state index contributed by atoms with van der Waals surface area (Å²) in [4.78, 5) is 33.6. The lowest BCUT2D eigenvalue weighted by Gasteiger charge is -2.48. The first-order chi connectivity index (χ1) is 22.5. The van der Waals surface area contributed by atoms with Gasteiger partial charge in [0.2, 0.25) is 5.91 Å². The van der Waals surface area contributed by atoms with E-state index in [9.17, 15) is 27.9 Å². The maximum absolute atomic E-state index is 14.3. The summed E-state index contributed by atoms with van der Waals surface area (Å²) in [6.07, 6.45) is -3.12. The van der Waals surface area contributed by atoms with Crippen LogP contribution < -0.4 is 20.4 Å². The van der Waals surface area contributed by atoms with Crippen LogP contribution in [0, 0.1) is 12.8 Å². The normalized spacial score (nSPS) is 23.8. The van der Waals surface area contributed by atoms with Crippen molar-refractivity contribution in [3.63, 3.8) is 0 Å². The lowest BCUT2D eigenvalue weighted by Crippen LogP contribution is -2.59. The van der Waals surface area contributed by atoms with Crippen LogP contribution in [0.1, 0.15) is 52.7 Å². The molecule has 4 atom stereocenters. The zero-order valence-corrected chi connectivity index (χ0v) is 26.8. The molecule has 3 aliphatic rings. The second-order valence-electron chi connectivity index (χ2n) is 13.0. The van der Waals surface area contributed by atoms with Gasteiger partial charge in [-0.2, -0.15) is 13.2 Å². The second kappa shape index (κ2) is 13.7. The third-order valence-electron chi connectivity index (χ3n) is 9.88. The number of nitrogens with zero attached hydrogens (tertiary/aromatic N) is 3. The standard InChI is InChI=1S/C36H42F3N5O3/c1-23-8-9-28(21-31(23)32-19-26-22-40-24(2)16-33(26)44(35(32)47)29-6-4-3-5-7-29)41-34(46)25-17-27(36(37,38)39)20-30(18-25)43-12-10-42(11-13-43)14-15-45/h3-9,17-18,20-21,24,26,32-33,40,45H,10-16,19,22H2,1-2H3,(H,41,46). The first kappa shape index (κ1) is 33.0. The average molecular weight is 650 g/mol. The number of anilines is 3. The van der Waals surface area contributed by atoms with E-state index in [2.05, 4.69) is 17.6 Å². The number of amides is 2. The molecule has 3 saturated heterocycles. The highest BCUT2D eigenvalue weighted by molar-refractivity contribution is 6.05. The summed E-state index contributed by atoms with van der Waals surface area (Å²) in [5.41, 5.74) is 2.34. The van der Waals surface area contributed by atoms with E-state index in [4.69, 9.17) is 0 Å². The average Bonchev–Trinajstić information content (AvgIpc) is 3.06. The number of β-amino-alcohol motifs (C(OH)–C–C–N with tert-alkyl or cyclic N) is 1. The summed E-state index contributed by atoms with van der Waals surface area (Å²) in [6.45, 7) is 7.56. The molecule has 0 bridgehead atoms. The van der Waals surface area contributed by atoms with E-state index < -0.39 is 23.6 Å². The molecule has 4 unspecified atom stereocenters. The molecule has 0 aliphatic carbocycles. The fourth-order valence-corrected chi connectivity index (χ4v) is 7.34. The largest absolute Gasteiger partial charge is 0.416 e. The second-order valence-corrected chi connectivity index (χ2v) is 13.0. The number of nitrogens with one attached hydrogen (secondary N) is 2. The highest BCUT2D eigenvalue weighted by Gasteiger charge is 2.45. The number of hydrogen-bond acceptors (Lipinski definition) is 6. The Labute approximate surface area is 273 Å². The molecule has 3 fully saturated rings. The van der Waals surface area contributed by atoms with E-state index in [1.807, 2.05) is 58.0 Å². The third kappa shape index (κ3) is 7.17. The summed E-state index contributed by atoms with van der Waals surface area (Å²) in [5, 5.41) is 15.6. The van der Waals surface area contributed by atoms with Gasteiger partial charge >= 0.3 is 6.18 Å². The summed E-state index contributed by atoms with van der Waals surface area (Å²) < 4.78 is 41.9. The number of piperidine rings is 2.